The second-order valence-corrected chi connectivity index (χ2v) is 8.13. The molecule has 0 fully saturated rings. The Labute approximate surface area is 187 Å². The van der Waals surface area contributed by atoms with E-state index in [1.165, 1.54) is 12.8 Å². The van der Waals surface area contributed by atoms with Gasteiger partial charge in [-0.25, -0.2) is 0 Å². The van der Waals surface area contributed by atoms with E-state index >= 15 is 0 Å². The van der Waals surface area contributed by atoms with Gasteiger partial charge in [-0.1, -0.05) is 50.5 Å². The molecule has 2 aromatic carbocycles. The number of unbranched alkanes of at least 4 members (excludes halogenated alkanes) is 3. The normalized spacial score (nSPS) is 15.4. The number of hydrogen-bond acceptors (Lipinski definition) is 5. The number of rotatable bonds is 10. The van der Waals surface area contributed by atoms with E-state index in [-0.39, 0.29) is 23.7 Å². The molecule has 2 heterocycles. The number of carbonyl (C=O) groups excluding carboxylic acids is 1. The molecule has 1 aliphatic heterocycles. The molecule has 1 unspecified atom stereocenters. The second kappa shape index (κ2) is 10.0. The van der Waals surface area contributed by atoms with E-state index in [1.807, 2.05) is 24.3 Å². The van der Waals surface area contributed by atoms with Crippen molar-refractivity contribution in [1.29, 1.82) is 0 Å². The summed E-state index contributed by atoms with van der Waals surface area (Å²) in [5.74, 6) is 0.535. The fourth-order valence-electron chi connectivity index (χ4n) is 4.25. The molecule has 32 heavy (non-hydrogen) atoms. The molecule has 1 atom stereocenters. The first-order valence-electron chi connectivity index (χ1n) is 11.4. The predicted molar refractivity (Wildman–Crippen MR) is 123 cm³/mol. The lowest BCUT2D eigenvalue weighted by molar-refractivity contribution is 0.0716. The van der Waals surface area contributed by atoms with Crippen molar-refractivity contribution in [2.45, 2.75) is 45.1 Å². The highest BCUT2D eigenvalue weighted by atomic mass is 16.5. The molecule has 3 aromatic rings. The number of amides is 1. The smallest absolute Gasteiger partial charge is 0.290 e. The van der Waals surface area contributed by atoms with Crippen molar-refractivity contribution in [2.24, 2.45) is 0 Å². The number of aliphatic hydroxyl groups is 1. The van der Waals surface area contributed by atoms with Crippen molar-refractivity contribution >= 4 is 16.9 Å². The zero-order chi connectivity index (χ0) is 22.5. The molecule has 0 radical (unpaired) electrons. The molecule has 4 rings (SSSR count). The molecular formula is C26H29NO5. The SMILES string of the molecule is CCCCCCOc1ccc(C2c3c(oc4ccccc4c3=O)C(=O)N2CCCO)cc1. The van der Waals surface area contributed by atoms with Gasteiger partial charge in [-0.3, -0.25) is 9.59 Å². The first-order chi connectivity index (χ1) is 15.7. The third-order valence-electron chi connectivity index (χ3n) is 5.89. The van der Waals surface area contributed by atoms with Crippen molar-refractivity contribution in [1.82, 2.24) is 4.90 Å². The van der Waals surface area contributed by atoms with E-state index < -0.39 is 6.04 Å². The average molecular weight is 436 g/mol. The molecular weight excluding hydrogens is 406 g/mol. The Kier molecular flexibility index (Phi) is 6.90. The van der Waals surface area contributed by atoms with E-state index in [2.05, 4.69) is 6.92 Å². The number of carbonyl (C=O) groups is 1. The summed E-state index contributed by atoms with van der Waals surface area (Å²) in [6, 6.07) is 14.0. The molecule has 168 valence electrons. The lowest BCUT2D eigenvalue weighted by atomic mass is 9.98. The summed E-state index contributed by atoms with van der Waals surface area (Å²) in [5.41, 5.74) is 1.39. The summed E-state index contributed by atoms with van der Waals surface area (Å²) in [4.78, 5) is 28.1. The molecule has 0 saturated heterocycles. The summed E-state index contributed by atoms with van der Waals surface area (Å²) < 4.78 is 11.7. The van der Waals surface area contributed by atoms with Gasteiger partial charge < -0.3 is 19.2 Å². The Morgan fingerprint density at radius 2 is 1.78 bits per heavy atom. The van der Waals surface area contributed by atoms with Gasteiger partial charge in [0.15, 0.2) is 5.43 Å². The van der Waals surface area contributed by atoms with Crippen LogP contribution in [0.25, 0.3) is 11.0 Å². The van der Waals surface area contributed by atoms with E-state index in [1.54, 1.807) is 29.2 Å². The number of ether oxygens (including phenoxy) is 1. The van der Waals surface area contributed by atoms with Crippen LogP contribution in [-0.2, 0) is 0 Å². The molecule has 6 nitrogen and oxygen atoms in total. The zero-order valence-corrected chi connectivity index (χ0v) is 18.4. The Bertz CT molecular complexity index is 1140. The lowest BCUT2D eigenvalue weighted by Gasteiger charge is -2.25. The molecule has 0 saturated carbocycles. The first-order valence-corrected chi connectivity index (χ1v) is 11.4. The predicted octanol–water partition coefficient (Wildman–Crippen LogP) is 4.68. The molecule has 1 amide bonds. The van der Waals surface area contributed by atoms with Crippen LogP contribution in [0.15, 0.2) is 57.7 Å². The van der Waals surface area contributed by atoms with Crippen LogP contribution in [0, 0.1) is 0 Å². The third-order valence-corrected chi connectivity index (χ3v) is 5.89. The minimum absolute atomic E-state index is 0.0407. The van der Waals surface area contributed by atoms with Crippen LogP contribution >= 0.6 is 0 Å². The summed E-state index contributed by atoms with van der Waals surface area (Å²) >= 11 is 0. The van der Waals surface area contributed by atoms with Crippen LogP contribution in [0.4, 0.5) is 0 Å². The summed E-state index contributed by atoms with van der Waals surface area (Å²) in [6.07, 6.45) is 4.98. The molecule has 1 aromatic heterocycles. The highest BCUT2D eigenvalue weighted by Crippen LogP contribution is 2.38. The van der Waals surface area contributed by atoms with Crippen molar-refractivity contribution < 1.29 is 19.1 Å². The number of nitrogens with zero attached hydrogens (tertiary/aromatic N) is 1. The van der Waals surface area contributed by atoms with Gasteiger partial charge in [-0.05, 0) is 42.7 Å². The summed E-state index contributed by atoms with van der Waals surface area (Å²) in [5, 5.41) is 9.79. The second-order valence-electron chi connectivity index (χ2n) is 8.13. The molecule has 6 heteroatoms. The van der Waals surface area contributed by atoms with Crippen molar-refractivity contribution in [3.05, 3.63) is 75.6 Å². The maximum Gasteiger partial charge on any atom is 0.290 e. The zero-order valence-electron chi connectivity index (χ0n) is 18.4. The van der Waals surface area contributed by atoms with Crippen LogP contribution in [0.5, 0.6) is 5.75 Å². The first kappa shape index (κ1) is 22.1. The fraction of sp³-hybridized carbons (Fsp3) is 0.385. The average Bonchev–Trinajstić information content (AvgIpc) is 3.10. The highest BCUT2D eigenvalue weighted by molar-refractivity contribution is 5.99. The Morgan fingerprint density at radius 1 is 1.00 bits per heavy atom. The Morgan fingerprint density at radius 3 is 2.53 bits per heavy atom. The number of fused-ring (bicyclic) bond motifs is 2. The van der Waals surface area contributed by atoms with E-state index in [9.17, 15) is 14.7 Å². The number of aliphatic hydroxyl groups excluding tert-OH is 1. The molecule has 0 bridgehead atoms. The van der Waals surface area contributed by atoms with Gasteiger partial charge >= 0.3 is 0 Å². The quantitative estimate of drug-likeness (QED) is 0.468. The highest BCUT2D eigenvalue weighted by Gasteiger charge is 2.42. The fourth-order valence-corrected chi connectivity index (χ4v) is 4.25. The van der Waals surface area contributed by atoms with E-state index in [0.29, 0.717) is 36.1 Å². The molecule has 0 spiro atoms. The van der Waals surface area contributed by atoms with Gasteiger partial charge in [0.05, 0.1) is 23.6 Å². The van der Waals surface area contributed by atoms with Gasteiger partial charge in [-0.15, -0.1) is 0 Å². The largest absolute Gasteiger partial charge is 0.494 e. The summed E-state index contributed by atoms with van der Waals surface area (Å²) in [7, 11) is 0. The van der Waals surface area contributed by atoms with Crippen LogP contribution in [-0.4, -0.2) is 35.7 Å². The Balaban J connectivity index is 1.66. The lowest BCUT2D eigenvalue weighted by Crippen LogP contribution is -2.31. The van der Waals surface area contributed by atoms with Crippen LogP contribution < -0.4 is 10.2 Å². The van der Waals surface area contributed by atoms with E-state index in [4.69, 9.17) is 9.15 Å². The maximum atomic E-state index is 13.4. The van der Waals surface area contributed by atoms with Gasteiger partial charge in [0.2, 0.25) is 5.76 Å². The molecule has 1 N–H and O–H groups in total. The maximum absolute atomic E-state index is 13.4. The molecule has 0 aliphatic carbocycles. The minimum Gasteiger partial charge on any atom is -0.494 e. The van der Waals surface area contributed by atoms with Crippen LogP contribution in [0.3, 0.4) is 0 Å². The summed E-state index contributed by atoms with van der Waals surface area (Å²) in [6.45, 7) is 3.14. The third kappa shape index (κ3) is 4.28. The van der Waals surface area contributed by atoms with Crippen LogP contribution in [0.2, 0.25) is 0 Å². The molecule has 1 aliphatic rings. The van der Waals surface area contributed by atoms with E-state index in [0.717, 1.165) is 24.2 Å². The number of benzene rings is 2. The van der Waals surface area contributed by atoms with Crippen LogP contribution in [0.1, 0.15) is 66.8 Å². The van der Waals surface area contributed by atoms with Gasteiger partial charge in [-0.2, -0.15) is 0 Å². The standard InChI is InChI=1S/C26H29NO5/c1-2-3-4-7-17-31-19-13-11-18(12-14-19)23-22-24(29)20-9-5-6-10-21(20)32-25(22)26(30)27(23)15-8-16-28/h5-6,9-14,23,28H,2-4,7-8,15-17H2,1H3. The topological polar surface area (TPSA) is 80.0 Å². The minimum atomic E-state index is -0.552. The van der Waals surface area contributed by atoms with Crippen molar-refractivity contribution in [3.8, 4) is 5.75 Å². The number of hydrogen-bond donors (Lipinski definition) is 1. The van der Waals surface area contributed by atoms with Gasteiger partial charge in [0.1, 0.15) is 11.3 Å². The van der Waals surface area contributed by atoms with Gasteiger partial charge in [0.25, 0.3) is 5.91 Å². The van der Waals surface area contributed by atoms with Crippen molar-refractivity contribution in [3.63, 3.8) is 0 Å². The van der Waals surface area contributed by atoms with Gasteiger partial charge in [0, 0.05) is 13.2 Å². The Hall–Kier alpha value is -3.12. The number of para-hydroxylation sites is 1. The van der Waals surface area contributed by atoms with Crippen molar-refractivity contribution in [2.75, 3.05) is 19.8 Å². The monoisotopic (exact) mass is 435 g/mol.